The molecule has 36 heavy (non-hydrogen) atoms. The third-order valence-electron chi connectivity index (χ3n) is 4.89. The van der Waals surface area contributed by atoms with Crippen LogP contribution in [0.2, 0.25) is 0 Å². The van der Waals surface area contributed by atoms with Gasteiger partial charge in [-0.3, -0.25) is 4.79 Å². The summed E-state index contributed by atoms with van der Waals surface area (Å²) < 4.78 is 43.9. The second-order valence-electron chi connectivity index (χ2n) is 9.99. The SMILES string of the molecule is CC(C)n1c(NCS(C)(=O)=O)nc(-c2ccc(F)cc2)c1C=C[C@@H](O)C[C@@H](O)CC(=O)OC(C)(C)C. The van der Waals surface area contributed by atoms with Crippen molar-refractivity contribution in [3.8, 4) is 11.3 Å². The number of aliphatic hydroxyl groups excluding tert-OH is 2. The Morgan fingerprint density at radius 3 is 2.36 bits per heavy atom. The fraction of sp³-hybridized carbons (Fsp3) is 0.520. The van der Waals surface area contributed by atoms with E-state index in [2.05, 4.69) is 10.3 Å². The topological polar surface area (TPSA) is 131 Å². The van der Waals surface area contributed by atoms with Gasteiger partial charge in [0.05, 0.1) is 30.0 Å². The molecule has 0 spiro atoms. The number of halogens is 1. The molecule has 0 aliphatic heterocycles. The van der Waals surface area contributed by atoms with Crippen LogP contribution in [0, 0.1) is 5.82 Å². The Bertz CT molecular complexity index is 1170. The van der Waals surface area contributed by atoms with E-state index in [1.165, 1.54) is 18.2 Å². The number of anilines is 1. The average molecular weight is 526 g/mol. The number of sulfone groups is 1. The highest BCUT2D eigenvalue weighted by molar-refractivity contribution is 7.90. The minimum atomic E-state index is -3.34. The molecule has 0 saturated heterocycles. The van der Waals surface area contributed by atoms with Gasteiger partial charge in [0.2, 0.25) is 5.95 Å². The molecule has 2 rings (SSSR count). The molecule has 0 aliphatic rings. The molecular formula is C25H36FN3O6S. The number of aliphatic hydroxyl groups is 2. The largest absolute Gasteiger partial charge is 0.460 e. The maximum absolute atomic E-state index is 13.5. The van der Waals surface area contributed by atoms with Crippen LogP contribution in [-0.4, -0.2) is 64.1 Å². The van der Waals surface area contributed by atoms with Crippen LogP contribution in [0.5, 0.6) is 0 Å². The van der Waals surface area contributed by atoms with Crippen molar-refractivity contribution in [2.24, 2.45) is 0 Å². The van der Waals surface area contributed by atoms with Crippen LogP contribution in [0.15, 0.2) is 30.3 Å². The van der Waals surface area contributed by atoms with Crippen molar-refractivity contribution >= 4 is 27.8 Å². The van der Waals surface area contributed by atoms with Gasteiger partial charge in [-0.2, -0.15) is 0 Å². The molecule has 0 amide bonds. The van der Waals surface area contributed by atoms with E-state index in [1.807, 2.05) is 13.8 Å². The van der Waals surface area contributed by atoms with Gasteiger partial charge in [-0.15, -0.1) is 0 Å². The zero-order valence-electron chi connectivity index (χ0n) is 21.5. The van der Waals surface area contributed by atoms with Gasteiger partial charge in [-0.25, -0.2) is 17.8 Å². The molecule has 3 N–H and O–H groups in total. The maximum Gasteiger partial charge on any atom is 0.308 e. The molecule has 2 atom stereocenters. The first-order valence-electron chi connectivity index (χ1n) is 11.6. The number of hydrogen-bond donors (Lipinski definition) is 3. The van der Waals surface area contributed by atoms with Crippen molar-refractivity contribution in [3.63, 3.8) is 0 Å². The molecule has 0 bridgehead atoms. The molecule has 0 aliphatic carbocycles. The summed E-state index contributed by atoms with van der Waals surface area (Å²) in [6, 6.07) is 5.55. The number of esters is 1. The highest BCUT2D eigenvalue weighted by Gasteiger charge is 2.22. The summed E-state index contributed by atoms with van der Waals surface area (Å²) in [6.45, 7) is 8.96. The molecule has 1 heterocycles. The van der Waals surface area contributed by atoms with Gasteiger partial charge >= 0.3 is 5.97 Å². The van der Waals surface area contributed by atoms with Crippen LogP contribution < -0.4 is 5.32 Å². The van der Waals surface area contributed by atoms with E-state index in [0.717, 1.165) is 6.26 Å². The van der Waals surface area contributed by atoms with Crippen molar-refractivity contribution in [2.45, 2.75) is 71.3 Å². The van der Waals surface area contributed by atoms with Crippen molar-refractivity contribution in [3.05, 3.63) is 41.9 Å². The molecule has 2 aromatic rings. The van der Waals surface area contributed by atoms with E-state index < -0.39 is 39.4 Å². The Labute approximate surface area is 211 Å². The number of hydrogen-bond acceptors (Lipinski definition) is 8. The molecule has 200 valence electrons. The molecule has 1 aromatic heterocycles. The van der Waals surface area contributed by atoms with Gasteiger partial charge in [0, 0.05) is 24.3 Å². The van der Waals surface area contributed by atoms with Crippen LogP contribution >= 0.6 is 0 Å². The smallest absolute Gasteiger partial charge is 0.308 e. The third kappa shape index (κ3) is 9.36. The number of carbonyl (C=O) groups is 1. The summed E-state index contributed by atoms with van der Waals surface area (Å²) in [5, 5.41) is 23.6. The second kappa shape index (κ2) is 12.0. The van der Waals surface area contributed by atoms with Crippen LogP contribution in [-0.2, 0) is 19.4 Å². The van der Waals surface area contributed by atoms with Crippen LogP contribution in [0.3, 0.4) is 0 Å². The Morgan fingerprint density at radius 1 is 1.22 bits per heavy atom. The number of ether oxygens (including phenoxy) is 1. The lowest BCUT2D eigenvalue weighted by Crippen LogP contribution is -2.27. The van der Waals surface area contributed by atoms with Gasteiger partial charge in [-0.1, -0.05) is 6.08 Å². The molecular weight excluding hydrogens is 489 g/mol. The number of nitrogens with one attached hydrogen (secondary N) is 1. The van der Waals surface area contributed by atoms with E-state index in [9.17, 15) is 27.8 Å². The lowest BCUT2D eigenvalue weighted by atomic mass is 10.1. The van der Waals surface area contributed by atoms with E-state index >= 15 is 0 Å². The van der Waals surface area contributed by atoms with E-state index in [4.69, 9.17) is 4.74 Å². The number of nitrogens with zero attached hydrogens (tertiary/aromatic N) is 2. The fourth-order valence-corrected chi connectivity index (χ4v) is 3.88. The molecule has 11 heteroatoms. The normalized spacial score (nSPS) is 14.3. The molecule has 1 aromatic carbocycles. The lowest BCUT2D eigenvalue weighted by molar-refractivity contribution is -0.157. The molecule has 0 unspecified atom stereocenters. The van der Waals surface area contributed by atoms with Gasteiger partial charge in [-0.05, 0) is 65.0 Å². The summed E-state index contributed by atoms with van der Waals surface area (Å²) >= 11 is 0. The average Bonchev–Trinajstić information content (AvgIpc) is 3.08. The van der Waals surface area contributed by atoms with E-state index in [1.54, 1.807) is 43.5 Å². The Kier molecular flexibility index (Phi) is 9.81. The van der Waals surface area contributed by atoms with Gasteiger partial charge in [0.25, 0.3) is 0 Å². The highest BCUT2D eigenvalue weighted by Crippen LogP contribution is 2.31. The number of benzene rings is 1. The third-order valence-corrected chi connectivity index (χ3v) is 5.56. The Balaban J connectivity index is 2.34. The second-order valence-corrected chi connectivity index (χ2v) is 12.1. The van der Waals surface area contributed by atoms with Crippen LogP contribution in [0.1, 0.15) is 59.2 Å². The fourth-order valence-electron chi connectivity index (χ4n) is 3.49. The van der Waals surface area contributed by atoms with Gasteiger partial charge in [0.15, 0.2) is 9.84 Å². The predicted octanol–water partition coefficient (Wildman–Crippen LogP) is 3.54. The number of carbonyl (C=O) groups excluding carboxylic acids is 1. The first-order chi connectivity index (χ1) is 16.6. The number of aromatic nitrogens is 2. The summed E-state index contributed by atoms with van der Waals surface area (Å²) in [6.07, 6.45) is 1.61. The summed E-state index contributed by atoms with van der Waals surface area (Å²) in [4.78, 5) is 16.5. The molecule has 0 saturated carbocycles. The quantitative estimate of drug-likeness (QED) is 0.380. The standard InChI is InChI=1S/C25H36FN3O6S/c1-16(2)29-21(12-11-19(30)13-20(31)14-22(32)35-25(3,4)5)23(17-7-9-18(26)10-8-17)28-24(29)27-15-36(6,33)34/h7-12,16,19-20,30-31H,13-15H2,1-6H3,(H,27,28)/t19-,20-/m1/s1. The molecule has 0 fully saturated rings. The van der Waals surface area contributed by atoms with Gasteiger partial charge in [0.1, 0.15) is 17.3 Å². The minimum absolute atomic E-state index is 0.101. The summed E-state index contributed by atoms with van der Waals surface area (Å²) in [7, 11) is -3.34. The van der Waals surface area contributed by atoms with Crippen molar-refractivity contribution < 1.29 is 32.6 Å². The maximum atomic E-state index is 13.5. The van der Waals surface area contributed by atoms with Crippen molar-refractivity contribution in [2.75, 3.05) is 17.4 Å². The van der Waals surface area contributed by atoms with Gasteiger partial charge < -0.3 is 24.8 Å². The Morgan fingerprint density at radius 2 is 1.83 bits per heavy atom. The first-order valence-corrected chi connectivity index (χ1v) is 13.7. The van der Waals surface area contributed by atoms with E-state index in [-0.39, 0.29) is 24.8 Å². The summed E-state index contributed by atoms with van der Waals surface area (Å²) in [5.41, 5.74) is 0.924. The lowest BCUT2D eigenvalue weighted by Gasteiger charge is -2.21. The van der Waals surface area contributed by atoms with Crippen LogP contribution in [0.4, 0.5) is 10.3 Å². The molecule has 0 radical (unpaired) electrons. The minimum Gasteiger partial charge on any atom is -0.460 e. The zero-order chi connectivity index (χ0) is 27.3. The Hall–Kier alpha value is -2.76. The first kappa shape index (κ1) is 29.5. The van der Waals surface area contributed by atoms with E-state index in [0.29, 0.717) is 22.9 Å². The zero-order valence-corrected chi connectivity index (χ0v) is 22.3. The monoisotopic (exact) mass is 525 g/mol. The van der Waals surface area contributed by atoms with Crippen molar-refractivity contribution in [1.29, 1.82) is 0 Å². The number of imidazole rings is 1. The van der Waals surface area contributed by atoms with Crippen molar-refractivity contribution in [1.82, 2.24) is 9.55 Å². The molecule has 9 nitrogen and oxygen atoms in total. The highest BCUT2D eigenvalue weighted by atomic mass is 32.2. The number of rotatable bonds is 11. The predicted molar refractivity (Wildman–Crippen MR) is 137 cm³/mol. The summed E-state index contributed by atoms with van der Waals surface area (Å²) in [5.74, 6) is -1.01. The van der Waals surface area contributed by atoms with Crippen LogP contribution in [0.25, 0.3) is 17.3 Å².